The highest BCUT2D eigenvalue weighted by Crippen LogP contribution is 2.22. The summed E-state index contributed by atoms with van der Waals surface area (Å²) >= 11 is 0. The van der Waals surface area contributed by atoms with Gasteiger partial charge >= 0.3 is 0 Å². The van der Waals surface area contributed by atoms with Gasteiger partial charge in [-0.15, -0.1) is 0 Å². The lowest BCUT2D eigenvalue weighted by atomic mass is 10.0. The summed E-state index contributed by atoms with van der Waals surface area (Å²) in [6.07, 6.45) is 6.04. The molecule has 3 atom stereocenters. The number of likely N-dealkylation sites (N-methyl/N-ethyl adjacent to an activating group) is 1. The van der Waals surface area contributed by atoms with E-state index in [-0.39, 0.29) is 6.04 Å². The molecule has 0 saturated carbocycles. The quantitative estimate of drug-likeness (QED) is 0.861. The van der Waals surface area contributed by atoms with Crippen LogP contribution < -0.4 is 5.32 Å². The van der Waals surface area contributed by atoms with Crippen molar-refractivity contribution in [1.29, 1.82) is 0 Å². The van der Waals surface area contributed by atoms with Crippen molar-refractivity contribution in [1.82, 2.24) is 15.1 Å². The fraction of sp³-hybridized carbons (Fsp3) is 0.941. The van der Waals surface area contributed by atoms with E-state index in [0.29, 0.717) is 17.7 Å². The van der Waals surface area contributed by atoms with E-state index in [2.05, 4.69) is 29.0 Å². The maximum Gasteiger partial charge on any atom is 0.239 e. The SMILES string of the molecule is CCN1CCCCC(CN2CC(C)CCC(NC)C2=O)C1. The Kier molecular flexibility index (Phi) is 6.49. The second-order valence-electron chi connectivity index (χ2n) is 7.02. The Morgan fingerprint density at radius 1 is 1.19 bits per heavy atom. The van der Waals surface area contributed by atoms with Gasteiger partial charge in [0.15, 0.2) is 0 Å². The molecule has 2 rings (SSSR count). The van der Waals surface area contributed by atoms with Gasteiger partial charge in [0, 0.05) is 19.6 Å². The minimum absolute atomic E-state index is 0.0306. The predicted molar refractivity (Wildman–Crippen MR) is 87.3 cm³/mol. The summed E-state index contributed by atoms with van der Waals surface area (Å²) in [7, 11) is 1.92. The first-order valence-corrected chi connectivity index (χ1v) is 8.82. The van der Waals surface area contributed by atoms with E-state index in [9.17, 15) is 4.79 Å². The van der Waals surface area contributed by atoms with E-state index in [1.165, 1.54) is 32.4 Å². The molecule has 0 aromatic carbocycles. The highest BCUT2D eigenvalue weighted by atomic mass is 16.2. The maximum atomic E-state index is 12.7. The zero-order chi connectivity index (χ0) is 15.2. The molecule has 0 aromatic rings. The number of hydrogen-bond donors (Lipinski definition) is 1. The van der Waals surface area contributed by atoms with Crippen molar-refractivity contribution in [2.24, 2.45) is 11.8 Å². The van der Waals surface area contributed by atoms with Gasteiger partial charge in [0.1, 0.15) is 0 Å². The van der Waals surface area contributed by atoms with Gasteiger partial charge in [-0.2, -0.15) is 0 Å². The van der Waals surface area contributed by atoms with E-state index < -0.39 is 0 Å². The van der Waals surface area contributed by atoms with Crippen molar-refractivity contribution in [3.8, 4) is 0 Å². The molecule has 1 N–H and O–H groups in total. The van der Waals surface area contributed by atoms with Crippen LogP contribution in [-0.2, 0) is 4.79 Å². The summed E-state index contributed by atoms with van der Waals surface area (Å²) in [4.78, 5) is 17.4. The van der Waals surface area contributed by atoms with Crippen LogP contribution in [0.15, 0.2) is 0 Å². The Balaban J connectivity index is 1.99. The lowest BCUT2D eigenvalue weighted by Crippen LogP contribution is -2.47. The van der Waals surface area contributed by atoms with Gasteiger partial charge in [-0.05, 0) is 57.7 Å². The molecular formula is C17H33N3O. The summed E-state index contributed by atoms with van der Waals surface area (Å²) in [5.74, 6) is 1.61. The lowest BCUT2D eigenvalue weighted by molar-refractivity contribution is -0.133. The van der Waals surface area contributed by atoms with E-state index in [1.807, 2.05) is 7.05 Å². The van der Waals surface area contributed by atoms with Gasteiger partial charge in [-0.25, -0.2) is 0 Å². The van der Waals surface area contributed by atoms with E-state index in [4.69, 9.17) is 0 Å². The van der Waals surface area contributed by atoms with E-state index in [1.54, 1.807) is 0 Å². The number of hydrogen-bond acceptors (Lipinski definition) is 3. The molecule has 2 fully saturated rings. The van der Waals surface area contributed by atoms with Crippen LogP contribution in [0.5, 0.6) is 0 Å². The molecule has 3 unspecified atom stereocenters. The Morgan fingerprint density at radius 2 is 2.00 bits per heavy atom. The molecule has 2 aliphatic heterocycles. The van der Waals surface area contributed by atoms with Crippen molar-refractivity contribution < 1.29 is 4.79 Å². The zero-order valence-corrected chi connectivity index (χ0v) is 14.1. The molecule has 0 spiro atoms. The van der Waals surface area contributed by atoms with Crippen LogP contribution in [0.1, 0.15) is 46.0 Å². The number of nitrogens with zero attached hydrogens (tertiary/aromatic N) is 2. The summed E-state index contributed by atoms with van der Waals surface area (Å²) in [5, 5.41) is 3.21. The smallest absolute Gasteiger partial charge is 0.239 e. The minimum Gasteiger partial charge on any atom is -0.341 e. The molecule has 0 bridgehead atoms. The molecule has 21 heavy (non-hydrogen) atoms. The number of nitrogens with one attached hydrogen (secondary N) is 1. The standard InChI is InChI=1S/C17H33N3O/c1-4-19-10-6-5-7-15(12-19)13-20-11-14(2)8-9-16(18-3)17(20)21/h14-16,18H,4-13H2,1-3H3. The van der Waals surface area contributed by atoms with Crippen LogP contribution in [0.4, 0.5) is 0 Å². The second kappa shape index (κ2) is 8.14. The molecule has 4 heteroatoms. The molecule has 0 aliphatic carbocycles. The molecular weight excluding hydrogens is 262 g/mol. The number of likely N-dealkylation sites (tertiary alicyclic amines) is 2. The molecule has 4 nitrogen and oxygen atoms in total. The third kappa shape index (κ3) is 4.68. The van der Waals surface area contributed by atoms with Crippen molar-refractivity contribution in [3.63, 3.8) is 0 Å². The summed E-state index contributed by atoms with van der Waals surface area (Å²) < 4.78 is 0. The Morgan fingerprint density at radius 3 is 2.71 bits per heavy atom. The average molecular weight is 295 g/mol. The number of amides is 1. The summed E-state index contributed by atoms with van der Waals surface area (Å²) in [6.45, 7) is 9.97. The Hall–Kier alpha value is -0.610. The molecule has 1 amide bonds. The first kappa shape index (κ1) is 16.8. The monoisotopic (exact) mass is 295 g/mol. The first-order chi connectivity index (χ1) is 10.1. The minimum atomic E-state index is 0.0306. The summed E-state index contributed by atoms with van der Waals surface area (Å²) in [5.41, 5.74) is 0. The second-order valence-corrected chi connectivity index (χ2v) is 7.02. The van der Waals surface area contributed by atoms with Gasteiger partial charge in [-0.3, -0.25) is 4.79 Å². The largest absolute Gasteiger partial charge is 0.341 e. The fourth-order valence-corrected chi connectivity index (χ4v) is 3.85. The average Bonchev–Trinajstić information content (AvgIpc) is 2.78. The molecule has 2 heterocycles. The molecule has 2 aliphatic rings. The van der Waals surface area contributed by atoms with Gasteiger partial charge in [0.25, 0.3) is 0 Å². The normalized spacial score (nSPS) is 32.8. The van der Waals surface area contributed by atoms with E-state index >= 15 is 0 Å². The van der Waals surface area contributed by atoms with Crippen molar-refractivity contribution in [2.45, 2.75) is 52.0 Å². The van der Waals surface area contributed by atoms with Crippen LogP contribution in [0.2, 0.25) is 0 Å². The molecule has 122 valence electrons. The third-order valence-electron chi connectivity index (χ3n) is 5.22. The van der Waals surface area contributed by atoms with Crippen molar-refractivity contribution >= 4 is 5.91 Å². The number of rotatable bonds is 4. The van der Waals surface area contributed by atoms with Crippen LogP contribution in [0.25, 0.3) is 0 Å². The van der Waals surface area contributed by atoms with Crippen LogP contribution >= 0.6 is 0 Å². The highest BCUT2D eigenvalue weighted by Gasteiger charge is 2.30. The molecule has 0 radical (unpaired) electrons. The van der Waals surface area contributed by atoms with E-state index in [0.717, 1.165) is 32.5 Å². The van der Waals surface area contributed by atoms with Crippen LogP contribution in [-0.4, -0.2) is 61.5 Å². The Labute approximate surface area is 130 Å². The van der Waals surface area contributed by atoms with Gasteiger partial charge in [-0.1, -0.05) is 20.3 Å². The van der Waals surface area contributed by atoms with Crippen molar-refractivity contribution in [3.05, 3.63) is 0 Å². The Bertz CT molecular complexity index is 334. The van der Waals surface area contributed by atoms with Crippen LogP contribution in [0, 0.1) is 11.8 Å². The van der Waals surface area contributed by atoms with Crippen molar-refractivity contribution in [2.75, 3.05) is 39.8 Å². The molecule has 0 aromatic heterocycles. The van der Waals surface area contributed by atoms with Crippen LogP contribution in [0.3, 0.4) is 0 Å². The molecule has 2 saturated heterocycles. The summed E-state index contributed by atoms with van der Waals surface area (Å²) in [6, 6.07) is 0.0306. The highest BCUT2D eigenvalue weighted by molar-refractivity contribution is 5.82. The number of carbonyl (C=O) groups is 1. The van der Waals surface area contributed by atoms with Gasteiger partial charge in [0.2, 0.25) is 5.91 Å². The zero-order valence-electron chi connectivity index (χ0n) is 14.1. The van der Waals surface area contributed by atoms with Gasteiger partial charge < -0.3 is 15.1 Å². The fourth-order valence-electron chi connectivity index (χ4n) is 3.85. The first-order valence-electron chi connectivity index (χ1n) is 8.82. The van der Waals surface area contributed by atoms with Gasteiger partial charge in [0.05, 0.1) is 6.04 Å². The topological polar surface area (TPSA) is 35.6 Å². The maximum absolute atomic E-state index is 12.7. The lowest BCUT2D eigenvalue weighted by Gasteiger charge is -2.31. The predicted octanol–water partition coefficient (Wildman–Crippen LogP) is 1.95. The number of carbonyl (C=O) groups excluding carboxylic acids is 1. The third-order valence-corrected chi connectivity index (χ3v) is 5.22.